The molecule has 2 rings (SSSR count). The molecule has 0 spiro atoms. The van der Waals surface area contributed by atoms with Gasteiger partial charge < -0.3 is 0 Å². The summed E-state index contributed by atoms with van der Waals surface area (Å²) in [6.45, 7) is 7.51. The van der Waals surface area contributed by atoms with Crippen LogP contribution in [0.25, 0.3) is 5.52 Å². The predicted octanol–water partition coefficient (Wildman–Crippen LogP) is 3.23. The van der Waals surface area contributed by atoms with Crippen LogP contribution in [0.1, 0.15) is 39.3 Å². The third-order valence-corrected chi connectivity index (χ3v) is 3.11. The molecule has 3 nitrogen and oxygen atoms in total. The number of fused-ring (bicyclic) bond motifs is 1. The van der Waals surface area contributed by atoms with Gasteiger partial charge in [-0.15, -0.1) is 0 Å². The molecule has 2 aromatic rings. The SMILES string of the molecule is CCCCN=c1c(CC(C)C)ncc2ccccn12. The summed E-state index contributed by atoms with van der Waals surface area (Å²) >= 11 is 0. The zero-order valence-corrected chi connectivity index (χ0v) is 12.1. The quantitative estimate of drug-likeness (QED) is 0.756. The van der Waals surface area contributed by atoms with E-state index >= 15 is 0 Å². The molecule has 0 saturated carbocycles. The molecule has 0 amide bonds. The van der Waals surface area contributed by atoms with E-state index in [2.05, 4.69) is 42.4 Å². The van der Waals surface area contributed by atoms with E-state index in [1.165, 1.54) is 6.42 Å². The minimum atomic E-state index is 0.592. The molecule has 19 heavy (non-hydrogen) atoms. The van der Waals surface area contributed by atoms with Gasteiger partial charge in [0.05, 0.1) is 17.4 Å². The van der Waals surface area contributed by atoms with Crippen LogP contribution in [0.2, 0.25) is 0 Å². The minimum absolute atomic E-state index is 0.592. The number of rotatable bonds is 5. The smallest absolute Gasteiger partial charge is 0.154 e. The minimum Gasteiger partial charge on any atom is -0.299 e. The predicted molar refractivity (Wildman–Crippen MR) is 79.1 cm³/mol. The van der Waals surface area contributed by atoms with Crippen LogP contribution in [-0.4, -0.2) is 15.9 Å². The van der Waals surface area contributed by atoms with Gasteiger partial charge in [-0.05, 0) is 30.9 Å². The van der Waals surface area contributed by atoms with Crippen LogP contribution in [0.5, 0.6) is 0 Å². The molecule has 0 N–H and O–H groups in total. The highest BCUT2D eigenvalue weighted by Gasteiger charge is 2.05. The van der Waals surface area contributed by atoms with Gasteiger partial charge in [-0.3, -0.25) is 14.4 Å². The Morgan fingerprint density at radius 3 is 2.89 bits per heavy atom. The van der Waals surface area contributed by atoms with Crippen molar-refractivity contribution in [2.75, 3.05) is 6.54 Å². The van der Waals surface area contributed by atoms with Gasteiger partial charge >= 0.3 is 0 Å². The first-order valence-electron chi connectivity index (χ1n) is 7.18. The van der Waals surface area contributed by atoms with E-state index < -0.39 is 0 Å². The fourth-order valence-electron chi connectivity index (χ4n) is 2.14. The van der Waals surface area contributed by atoms with Gasteiger partial charge in [-0.1, -0.05) is 33.3 Å². The Labute approximate surface area is 115 Å². The average molecular weight is 257 g/mol. The second kappa shape index (κ2) is 6.50. The maximum absolute atomic E-state index is 4.78. The molecule has 0 radical (unpaired) electrons. The van der Waals surface area contributed by atoms with Crippen molar-refractivity contribution in [2.24, 2.45) is 10.9 Å². The van der Waals surface area contributed by atoms with Crippen molar-refractivity contribution < 1.29 is 0 Å². The standard InChI is InChI=1S/C16H23N3/c1-4-5-9-17-16-15(11-13(2)3)18-12-14-8-6-7-10-19(14)16/h6-8,10,12-13H,4-5,9,11H2,1-3H3. The Morgan fingerprint density at radius 2 is 2.16 bits per heavy atom. The van der Waals surface area contributed by atoms with E-state index in [9.17, 15) is 0 Å². The largest absolute Gasteiger partial charge is 0.299 e. The fourth-order valence-corrected chi connectivity index (χ4v) is 2.14. The molecular weight excluding hydrogens is 234 g/mol. The van der Waals surface area contributed by atoms with Gasteiger partial charge in [0, 0.05) is 12.7 Å². The van der Waals surface area contributed by atoms with Crippen molar-refractivity contribution in [1.82, 2.24) is 9.38 Å². The number of hydrogen-bond acceptors (Lipinski definition) is 2. The first kappa shape index (κ1) is 13.8. The Hall–Kier alpha value is -1.64. The second-order valence-corrected chi connectivity index (χ2v) is 5.36. The first-order chi connectivity index (χ1) is 9.22. The summed E-state index contributed by atoms with van der Waals surface area (Å²) < 4.78 is 2.15. The highest BCUT2D eigenvalue weighted by molar-refractivity contribution is 5.43. The Bertz CT molecular complexity index is 596. The van der Waals surface area contributed by atoms with Crippen molar-refractivity contribution in [3.8, 4) is 0 Å². The molecule has 0 aromatic carbocycles. The van der Waals surface area contributed by atoms with Gasteiger partial charge in [-0.2, -0.15) is 0 Å². The van der Waals surface area contributed by atoms with Gasteiger partial charge in [0.2, 0.25) is 0 Å². The van der Waals surface area contributed by atoms with Crippen LogP contribution < -0.4 is 5.49 Å². The fraction of sp³-hybridized carbons (Fsp3) is 0.500. The van der Waals surface area contributed by atoms with Crippen LogP contribution >= 0.6 is 0 Å². The molecule has 0 aliphatic carbocycles. The van der Waals surface area contributed by atoms with E-state index in [0.29, 0.717) is 5.92 Å². The first-order valence-corrected chi connectivity index (χ1v) is 7.18. The van der Waals surface area contributed by atoms with Gasteiger partial charge in [0.25, 0.3) is 0 Å². The second-order valence-electron chi connectivity index (χ2n) is 5.36. The Kier molecular flexibility index (Phi) is 4.72. The molecule has 0 aliphatic rings. The molecule has 2 aromatic heterocycles. The van der Waals surface area contributed by atoms with E-state index in [-0.39, 0.29) is 0 Å². The zero-order valence-electron chi connectivity index (χ0n) is 12.1. The van der Waals surface area contributed by atoms with Crippen LogP contribution in [0.15, 0.2) is 35.6 Å². The number of aromatic nitrogens is 2. The van der Waals surface area contributed by atoms with E-state index in [0.717, 1.165) is 36.1 Å². The Morgan fingerprint density at radius 1 is 1.32 bits per heavy atom. The molecule has 0 atom stereocenters. The lowest BCUT2D eigenvalue weighted by atomic mass is 10.1. The summed E-state index contributed by atoms with van der Waals surface area (Å²) in [5.41, 5.74) is 3.24. The topological polar surface area (TPSA) is 29.7 Å². The lowest BCUT2D eigenvalue weighted by molar-refractivity contribution is 0.622. The highest BCUT2D eigenvalue weighted by atomic mass is 15.0. The highest BCUT2D eigenvalue weighted by Crippen LogP contribution is 2.04. The Balaban J connectivity index is 2.54. The van der Waals surface area contributed by atoms with Gasteiger partial charge in [0.15, 0.2) is 5.49 Å². The van der Waals surface area contributed by atoms with Crippen molar-refractivity contribution in [3.63, 3.8) is 0 Å². The molecule has 2 heterocycles. The van der Waals surface area contributed by atoms with E-state index in [1.54, 1.807) is 0 Å². The third-order valence-electron chi connectivity index (χ3n) is 3.11. The summed E-state index contributed by atoms with van der Waals surface area (Å²) in [6.07, 6.45) is 7.29. The van der Waals surface area contributed by atoms with E-state index in [1.807, 2.05) is 18.3 Å². The summed E-state index contributed by atoms with van der Waals surface area (Å²) in [5.74, 6) is 0.592. The number of unbranched alkanes of at least 4 members (excludes halogenated alkanes) is 1. The maximum Gasteiger partial charge on any atom is 0.154 e. The number of nitrogens with zero attached hydrogens (tertiary/aromatic N) is 3. The molecule has 102 valence electrons. The monoisotopic (exact) mass is 257 g/mol. The van der Waals surface area contributed by atoms with Crippen LogP contribution in [-0.2, 0) is 6.42 Å². The molecule has 0 unspecified atom stereocenters. The number of pyridine rings is 1. The molecule has 0 fully saturated rings. The molecule has 0 aliphatic heterocycles. The van der Waals surface area contributed by atoms with E-state index in [4.69, 9.17) is 4.99 Å². The van der Waals surface area contributed by atoms with Crippen molar-refractivity contribution in [1.29, 1.82) is 0 Å². The van der Waals surface area contributed by atoms with Crippen molar-refractivity contribution in [2.45, 2.75) is 40.0 Å². The molecular formula is C16H23N3. The van der Waals surface area contributed by atoms with Crippen molar-refractivity contribution >= 4 is 5.52 Å². The normalized spacial score (nSPS) is 12.5. The zero-order chi connectivity index (χ0) is 13.7. The van der Waals surface area contributed by atoms with Gasteiger partial charge in [0.1, 0.15) is 0 Å². The summed E-state index contributed by atoms with van der Waals surface area (Å²) in [4.78, 5) is 9.39. The number of hydrogen-bond donors (Lipinski definition) is 0. The third kappa shape index (κ3) is 3.43. The van der Waals surface area contributed by atoms with Crippen LogP contribution in [0.3, 0.4) is 0 Å². The summed E-state index contributed by atoms with van der Waals surface area (Å²) in [5, 5.41) is 0. The lowest BCUT2D eigenvalue weighted by Crippen LogP contribution is -2.23. The molecule has 0 saturated heterocycles. The lowest BCUT2D eigenvalue weighted by Gasteiger charge is -2.09. The summed E-state index contributed by atoms with van der Waals surface area (Å²) in [6, 6.07) is 6.16. The molecule has 0 bridgehead atoms. The molecule has 3 heteroatoms. The summed E-state index contributed by atoms with van der Waals surface area (Å²) in [7, 11) is 0. The van der Waals surface area contributed by atoms with Crippen LogP contribution in [0, 0.1) is 5.92 Å². The average Bonchev–Trinajstić information content (AvgIpc) is 2.40. The van der Waals surface area contributed by atoms with Crippen LogP contribution in [0.4, 0.5) is 0 Å². The maximum atomic E-state index is 4.78. The van der Waals surface area contributed by atoms with Gasteiger partial charge in [-0.25, -0.2) is 0 Å². The van der Waals surface area contributed by atoms with Crippen molar-refractivity contribution in [3.05, 3.63) is 41.8 Å².